The Morgan fingerprint density at radius 1 is 1.06 bits per heavy atom. The SMILES string of the molecule is CCCCn1nc(C(=O)O[C@H](C)C(=O)Nc2c(C)cccc2C)c2ccccc2c1=O. The third-order valence-electron chi connectivity index (χ3n) is 5.17. The monoisotopic (exact) mass is 421 g/mol. The first kappa shape index (κ1) is 22.2. The highest BCUT2D eigenvalue weighted by atomic mass is 16.5. The van der Waals surface area contributed by atoms with E-state index in [1.54, 1.807) is 24.3 Å². The molecule has 1 aromatic heterocycles. The van der Waals surface area contributed by atoms with Crippen molar-refractivity contribution in [2.75, 3.05) is 5.32 Å². The number of para-hydroxylation sites is 1. The quantitative estimate of drug-likeness (QED) is 0.583. The van der Waals surface area contributed by atoms with E-state index in [-0.39, 0.29) is 11.3 Å². The van der Waals surface area contributed by atoms with Crippen molar-refractivity contribution in [3.8, 4) is 0 Å². The Balaban J connectivity index is 1.86. The molecule has 2 aromatic carbocycles. The molecule has 0 saturated carbocycles. The van der Waals surface area contributed by atoms with Crippen LogP contribution in [0.25, 0.3) is 10.8 Å². The average molecular weight is 421 g/mol. The summed E-state index contributed by atoms with van der Waals surface area (Å²) in [4.78, 5) is 38.3. The Morgan fingerprint density at radius 3 is 2.35 bits per heavy atom. The third kappa shape index (κ3) is 4.82. The lowest BCUT2D eigenvalue weighted by atomic mass is 10.1. The topological polar surface area (TPSA) is 90.3 Å². The van der Waals surface area contributed by atoms with E-state index in [4.69, 9.17) is 4.74 Å². The lowest BCUT2D eigenvalue weighted by molar-refractivity contribution is -0.123. The van der Waals surface area contributed by atoms with Gasteiger partial charge in [-0.1, -0.05) is 49.7 Å². The predicted octanol–water partition coefficient (Wildman–Crippen LogP) is 4.00. The molecule has 0 saturated heterocycles. The molecule has 0 spiro atoms. The van der Waals surface area contributed by atoms with Gasteiger partial charge in [-0.25, -0.2) is 9.48 Å². The summed E-state index contributed by atoms with van der Waals surface area (Å²) in [5.41, 5.74) is 2.32. The summed E-state index contributed by atoms with van der Waals surface area (Å²) >= 11 is 0. The highest BCUT2D eigenvalue weighted by molar-refractivity contribution is 6.04. The summed E-state index contributed by atoms with van der Waals surface area (Å²) in [5.74, 6) is -1.18. The zero-order chi connectivity index (χ0) is 22.5. The van der Waals surface area contributed by atoms with Crippen molar-refractivity contribution in [2.45, 2.75) is 53.2 Å². The number of benzene rings is 2. The van der Waals surface area contributed by atoms with E-state index in [0.29, 0.717) is 23.0 Å². The van der Waals surface area contributed by atoms with Gasteiger partial charge in [0.1, 0.15) is 0 Å². The van der Waals surface area contributed by atoms with Gasteiger partial charge in [-0.3, -0.25) is 9.59 Å². The maximum atomic E-state index is 12.9. The van der Waals surface area contributed by atoms with E-state index in [2.05, 4.69) is 10.4 Å². The fourth-order valence-corrected chi connectivity index (χ4v) is 3.35. The molecule has 1 N–H and O–H groups in total. The number of amides is 1. The Kier molecular flexibility index (Phi) is 6.84. The van der Waals surface area contributed by atoms with E-state index in [1.807, 2.05) is 39.0 Å². The zero-order valence-corrected chi connectivity index (χ0v) is 18.3. The number of ether oxygens (including phenoxy) is 1. The number of anilines is 1. The molecule has 3 aromatic rings. The number of carbonyl (C=O) groups is 2. The average Bonchev–Trinajstić information content (AvgIpc) is 2.75. The van der Waals surface area contributed by atoms with Gasteiger partial charge < -0.3 is 10.1 Å². The Labute approximate surface area is 181 Å². The van der Waals surface area contributed by atoms with Crippen molar-refractivity contribution >= 4 is 28.3 Å². The van der Waals surface area contributed by atoms with Crippen molar-refractivity contribution in [3.63, 3.8) is 0 Å². The van der Waals surface area contributed by atoms with Crippen LogP contribution in [0.5, 0.6) is 0 Å². The largest absolute Gasteiger partial charge is 0.448 e. The van der Waals surface area contributed by atoms with Crippen LogP contribution < -0.4 is 10.9 Å². The van der Waals surface area contributed by atoms with Crippen molar-refractivity contribution in [1.29, 1.82) is 0 Å². The third-order valence-corrected chi connectivity index (χ3v) is 5.17. The minimum Gasteiger partial charge on any atom is -0.448 e. The van der Waals surface area contributed by atoms with Crippen LogP contribution in [0.4, 0.5) is 5.69 Å². The van der Waals surface area contributed by atoms with Crippen molar-refractivity contribution in [3.05, 3.63) is 69.6 Å². The minimum atomic E-state index is -1.04. The molecule has 1 atom stereocenters. The van der Waals surface area contributed by atoms with Gasteiger partial charge in [0, 0.05) is 17.6 Å². The van der Waals surface area contributed by atoms with Gasteiger partial charge in [0.15, 0.2) is 11.8 Å². The van der Waals surface area contributed by atoms with Crippen molar-refractivity contribution < 1.29 is 14.3 Å². The Hall–Kier alpha value is -3.48. The van der Waals surface area contributed by atoms with Crippen LogP contribution in [0, 0.1) is 13.8 Å². The number of fused-ring (bicyclic) bond motifs is 1. The van der Waals surface area contributed by atoms with Crippen LogP contribution in [0.1, 0.15) is 48.3 Å². The first-order chi connectivity index (χ1) is 14.8. The molecule has 0 aliphatic rings. The molecule has 3 rings (SSSR count). The molecular formula is C24H27N3O4. The van der Waals surface area contributed by atoms with E-state index < -0.39 is 18.0 Å². The second-order valence-electron chi connectivity index (χ2n) is 7.58. The molecule has 7 nitrogen and oxygen atoms in total. The molecular weight excluding hydrogens is 394 g/mol. The molecule has 7 heteroatoms. The second-order valence-corrected chi connectivity index (χ2v) is 7.58. The van der Waals surface area contributed by atoms with Gasteiger partial charge in [-0.05, 0) is 44.4 Å². The van der Waals surface area contributed by atoms with Crippen LogP contribution in [-0.2, 0) is 16.1 Å². The standard InChI is InChI=1S/C24H27N3O4/c1-5-6-14-27-23(29)19-13-8-7-12-18(19)21(26-27)24(30)31-17(4)22(28)25-20-15(2)10-9-11-16(20)3/h7-13,17H,5-6,14H2,1-4H3,(H,25,28)/t17-/m1/s1. The fourth-order valence-electron chi connectivity index (χ4n) is 3.35. The van der Waals surface area contributed by atoms with Gasteiger partial charge in [0.2, 0.25) is 0 Å². The molecule has 31 heavy (non-hydrogen) atoms. The summed E-state index contributed by atoms with van der Waals surface area (Å²) < 4.78 is 6.72. The minimum absolute atomic E-state index is 0.0259. The highest BCUT2D eigenvalue weighted by Gasteiger charge is 2.24. The zero-order valence-electron chi connectivity index (χ0n) is 18.3. The van der Waals surface area contributed by atoms with Gasteiger partial charge in [-0.2, -0.15) is 5.10 Å². The van der Waals surface area contributed by atoms with Gasteiger partial charge in [-0.15, -0.1) is 0 Å². The number of unbranched alkanes of at least 4 members (excludes halogenated alkanes) is 1. The number of hydrogen-bond acceptors (Lipinski definition) is 5. The molecule has 0 aliphatic heterocycles. The number of hydrogen-bond donors (Lipinski definition) is 1. The number of carbonyl (C=O) groups excluding carboxylic acids is 2. The van der Waals surface area contributed by atoms with Crippen LogP contribution in [0.2, 0.25) is 0 Å². The van der Waals surface area contributed by atoms with E-state index >= 15 is 0 Å². The lowest BCUT2D eigenvalue weighted by Gasteiger charge is -2.17. The fraction of sp³-hybridized carbons (Fsp3) is 0.333. The Morgan fingerprint density at radius 2 is 1.71 bits per heavy atom. The van der Waals surface area contributed by atoms with Gasteiger partial charge in [0.25, 0.3) is 11.5 Å². The summed E-state index contributed by atoms with van der Waals surface area (Å²) in [6.07, 6.45) is 0.605. The van der Waals surface area contributed by atoms with E-state index in [0.717, 1.165) is 24.0 Å². The second kappa shape index (κ2) is 9.55. The number of aryl methyl sites for hydroxylation is 3. The van der Waals surface area contributed by atoms with E-state index in [9.17, 15) is 14.4 Å². The van der Waals surface area contributed by atoms with Crippen LogP contribution >= 0.6 is 0 Å². The van der Waals surface area contributed by atoms with Gasteiger partial charge >= 0.3 is 5.97 Å². The number of nitrogens with zero attached hydrogens (tertiary/aromatic N) is 2. The summed E-state index contributed by atoms with van der Waals surface area (Å²) in [5, 5.41) is 7.90. The van der Waals surface area contributed by atoms with Crippen LogP contribution in [0.3, 0.4) is 0 Å². The van der Waals surface area contributed by atoms with Crippen molar-refractivity contribution in [1.82, 2.24) is 9.78 Å². The molecule has 1 heterocycles. The highest BCUT2D eigenvalue weighted by Crippen LogP contribution is 2.20. The summed E-state index contributed by atoms with van der Waals surface area (Å²) in [6.45, 7) is 7.72. The number of rotatable bonds is 7. The van der Waals surface area contributed by atoms with Crippen LogP contribution in [-0.4, -0.2) is 27.8 Å². The Bertz CT molecular complexity index is 1160. The molecule has 0 aliphatic carbocycles. The molecule has 0 radical (unpaired) electrons. The normalized spacial score (nSPS) is 11.9. The molecule has 0 unspecified atom stereocenters. The van der Waals surface area contributed by atoms with Crippen LogP contribution in [0.15, 0.2) is 47.3 Å². The molecule has 1 amide bonds. The first-order valence-electron chi connectivity index (χ1n) is 10.4. The summed E-state index contributed by atoms with van der Waals surface area (Å²) in [7, 11) is 0. The number of esters is 1. The van der Waals surface area contributed by atoms with Gasteiger partial charge in [0.05, 0.1) is 5.39 Å². The summed E-state index contributed by atoms with van der Waals surface area (Å²) in [6, 6.07) is 12.5. The van der Waals surface area contributed by atoms with Crippen molar-refractivity contribution in [2.24, 2.45) is 0 Å². The smallest absolute Gasteiger partial charge is 0.360 e. The maximum Gasteiger partial charge on any atom is 0.360 e. The maximum absolute atomic E-state index is 12.9. The number of nitrogens with one attached hydrogen (secondary N) is 1. The first-order valence-corrected chi connectivity index (χ1v) is 10.4. The van der Waals surface area contributed by atoms with E-state index in [1.165, 1.54) is 11.6 Å². The lowest BCUT2D eigenvalue weighted by Crippen LogP contribution is -2.32. The number of aromatic nitrogens is 2. The predicted molar refractivity (Wildman–Crippen MR) is 120 cm³/mol. The molecule has 162 valence electrons. The molecule has 0 bridgehead atoms. The molecule has 0 fully saturated rings.